The van der Waals surface area contributed by atoms with Crippen molar-refractivity contribution in [1.82, 2.24) is 4.98 Å². The van der Waals surface area contributed by atoms with E-state index >= 15 is 0 Å². The van der Waals surface area contributed by atoms with E-state index in [1.807, 2.05) is 0 Å². The minimum Gasteiger partial charge on any atom is -0.391 e. The van der Waals surface area contributed by atoms with Gasteiger partial charge in [0, 0.05) is 28.5 Å². The molecule has 23 heavy (non-hydrogen) atoms. The normalized spacial score (nSPS) is 12.3. The van der Waals surface area contributed by atoms with Gasteiger partial charge in [-0.25, -0.2) is 0 Å². The van der Waals surface area contributed by atoms with E-state index < -0.39 is 11.7 Å². The van der Waals surface area contributed by atoms with Crippen LogP contribution in [-0.4, -0.2) is 10.7 Å². The van der Waals surface area contributed by atoms with Crippen molar-refractivity contribution in [1.29, 1.82) is 0 Å². The first kappa shape index (κ1) is 17.3. The van der Waals surface area contributed by atoms with Crippen LogP contribution in [0.25, 0.3) is 0 Å². The van der Waals surface area contributed by atoms with Crippen LogP contribution in [0.1, 0.15) is 30.0 Å². The first-order chi connectivity index (χ1) is 10.9. The Morgan fingerprint density at radius 1 is 1.30 bits per heavy atom. The molecule has 1 aromatic carbocycles. The van der Waals surface area contributed by atoms with Crippen LogP contribution in [0.15, 0.2) is 47.9 Å². The third kappa shape index (κ3) is 4.69. The lowest BCUT2D eigenvalue weighted by Gasteiger charge is -2.14. The van der Waals surface area contributed by atoms with Gasteiger partial charge in [0.2, 0.25) is 0 Å². The zero-order chi connectivity index (χ0) is 16.9. The summed E-state index contributed by atoms with van der Waals surface area (Å²) in [5.74, 6) is 0. The van der Waals surface area contributed by atoms with Crippen molar-refractivity contribution in [2.45, 2.75) is 26.1 Å². The van der Waals surface area contributed by atoms with E-state index in [1.165, 1.54) is 12.1 Å². The van der Waals surface area contributed by atoms with E-state index in [1.54, 1.807) is 31.5 Å². The van der Waals surface area contributed by atoms with Gasteiger partial charge in [-0.3, -0.25) is 4.98 Å². The summed E-state index contributed by atoms with van der Waals surface area (Å²) in [6, 6.07) is 6.93. The van der Waals surface area contributed by atoms with Gasteiger partial charge < -0.3 is 4.84 Å². The number of hydrogen-bond donors (Lipinski definition) is 0. The lowest BCUT2D eigenvalue weighted by molar-refractivity contribution is -0.137. The Hall–Kier alpha value is -2.08. The average molecular weight is 343 g/mol. The number of pyridine rings is 1. The molecule has 1 heterocycles. The van der Waals surface area contributed by atoms with Crippen LogP contribution >= 0.6 is 11.6 Å². The topological polar surface area (TPSA) is 34.5 Å². The molecule has 0 fully saturated rings. The molecule has 0 radical (unpaired) electrons. The van der Waals surface area contributed by atoms with E-state index in [2.05, 4.69) is 10.1 Å². The molecule has 0 aliphatic carbocycles. The molecule has 0 N–H and O–H groups in total. The maximum atomic E-state index is 13.1. The van der Waals surface area contributed by atoms with Gasteiger partial charge >= 0.3 is 6.18 Å². The number of halogens is 4. The van der Waals surface area contributed by atoms with Crippen molar-refractivity contribution in [2.24, 2.45) is 5.16 Å². The average Bonchev–Trinajstić information content (AvgIpc) is 2.51. The minimum atomic E-state index is -4.49. The Labute approximate surface area is 136 Å². The number of oxime groups is 1. The molecule has 2 rings (SSSR count). The summed E-state index contributed by atoms with van der Waals surface area (Å²) < 4.78 is 39.4. The largest absolute Gasteiger partial charge is 0.417 e. The second kappa shape index (κ2) is 7.46. The molecule has 0 saturated carbocycles. The molecule has 0 aliphatic rings. The van der Waals surface area contributed by atoms with E-state index in [4.69, 9.17) is 16.4 Å². The molecular weight excluding hydrogens is 329 g/mol. The van der Waals surface area contributed by atoms with Crippen molar-refractivity contribution in [3.63, 3.8) is 0 Å². The van der Waals surface area contributed by atoms with Crippen molar-refractivity contribution in [3.05, 3.63) is 64.4 Å². The Balaban J connectivity index is 2.26. The molecule has 7 heteroatoms. The third-order valence-electron chi connectivity index (χ3n) is 3.06. The van der Waals surface area contributed by atoms with Crippen LogP contribution in [0.4, 0.5) is 13.2 Å². The summed E-state index contributed by atoms with van der Waals surface area (Å²) in [5, 5.41) is 4.06. The van der Waals surface area contributed by atoms with E-state index in [-0.39, 0.29) is 29.3 Å². The van der Waals surface area contributed by atoms with Crippen molar-refractivity contribution in [3.8, 4) is 0 Å². The van der Waals surface area contributed by atoms with Gasteiger partial charge in [0.1, 0.15) is 6.61 Å². The summed E-state index contributed by atoms with van der Waals surface area (Å²) in [4.78, 5) is 9.10. The fourth-order valence-electron chi connectivity index (χ4n) is 1.97. The number of alkyl halides is 3. The Kier molecular flexibility index (Phi) is 5.60. The molecule has 0 saturated heterocycles. The molecule has 0 aliphatic heterocycles. The summed E-state index contributed by atoms with van der Waals surface area (Å²) >= 11 is 5.83. The van der Waals surface area contributed by atoms with Gasteiger partial charge in [0.15, 0.2) is 0 Å². The molecule has 3 nitrogen and oxygen atoms in total. The minimum absolute atomic E-state index is 0.0707. The summed E-state index contributed by atoms with van der Waals surface area (Å²) in [5.41, 5.74) is 0.101. The van der Waals surface area contributed by atoms with E-state index in [0.717, 1.165) is 11.6 Å². The lowest BCUT2D eigenvalue weighted by Crippen LogP contribution is -2.13. The summed E-state index contributed by atoms with van der Waals surface area (Å²) in [7, 11) is 0. The van der Waals surface area contributed by atoms with Crippen LogP contribution in [0.5, 0.6) is 0 Å². The number of hydrogen-bond acceptors (Lipinski definition) is 3. The zero-order valence-electron chi connectivity index (χ0n) is 12.3. The zero-order valence-corrected chi connectivity index (χ0v) is 13.0. The highest BCUT2D eigenvalue weighted by Gasteiger charge is 2.34. The van der Waals surface area contributed by atoms with Crippen LogP contribution in [-0.2, 0) is 17.6 Å². The van der Waals surface area contributed by atoms with Gasteiger partial charge in [0.05, 0.1) is 11.3 Å². The maximum absolute atomic E-state index is 13.1. The van der Waals surface area contributed by atoms with Crippen LogP contribution in [0.2, 0.25) is 5.02 Å². The van der Waals surface area contributed by atoms with Crippen LogP contribution < -0.4 is 0 Å². The molecule has 2 aromatic rings. The standard InChI is InChI=1S/C16H14ClF3N2O/c1-2-15(22-23-10-11-4-3-7-21-9-11)13-8-12(17)5-6-14(13)16(18,19)20/h3-9H,2,10H2,1H3. The predicted molar refractivity (Wildman–Crippen MR) is 82.3 cm³/mol. The Morgan fingerprint density at radius 2 is 2.09 bits per heavy atom. The SMILES string of the molecule is CCC(=NOCc1cccnc1)c1cc(Cl)ccc1C(F)(F)F. The predicted octanol–water partition coefficient (Wildman–Crippen LogP) is 5.08. The number of benzene rings is 1. The highest BCUT2D eigenvalue weighted by atomic mass is 35.5. The van der Waals surface area contributed by atoms with Gasteiger partial charge in [-0.2, -0.15) is 13.2 Å². The Bertz CT molecular complexity index is 687. The molecule has 0 bridgehead atoms. The monoisotopic (exact) mass is 342 g/mol. The molecule has 0 unspecified atom stereocenters. The number of aromatic nitrogens is 1. The second-order valence-corrected chi connectivity index (χ2v) is 5.15. The maximum Gasteiger partial charge on any atom is 0.417 e. The molecule has 0 amide bonds. The molecular formula is C16H14ClF3N2O. The van der Waals surface area contributed by atoms with E-state index in [9.17, 15) is 13.2 Å². The summed E-state index contributed by atoms with van der Waals surface area (Å²) in [6.45, 7) is 1.83. The van der Waals surface area contributed by atoms with Gasteiger partial charge in [-0.15, -0.1) is 0 Å². The van der Waals surface area contributed by atoms with Crippen LogP contribution in [0, 0.1) is 0 Å². The van der Waals surface area contributed by atoms with E-state index in [0.29, 0.717) is 0 Å². The van der Waals surface area contributed by atoms with Gasteiger partial charge in [-0.1, -0.05) is 29.7 Å². The smallest absolute Gasteiger partial charge is 0.391 e. The molecule has 122 valence electrons. The first-order valence-corrected chi connectivity index (χ1v) is 7.24. The van der Waals surface area contributed by atoms with Crippen LogP contribution in [0.3, 0.4) is 0 Å². The highest BCUT2D eigenvalue weighted by molar-refractivity contribution is 6.31. The lowest BCUT2D eigenvalue weighted by atomic mass is 10.0. The van der Waals surface area contributed by atoms with Crippen molar-refractivity contribution < 1.29 is 18.0 Å². The quantitative estimate of drug-likeness (QED) is 0.560. The molecule has 1 aromatic heterocycles. The molecule has 0 spiro atoms. The molecule has 0 atom stereocenters. The van der Waals surface area contributed by atoms with Crippen molar-refractivity contribution >= 4 is 17.3 Å². The highest BCUT2D eigenvalue weighted by Crippen LogP contribution is 2.34. The summed E-state index contributed by atoms with van der Waals surface area (Å²) in [6.07, 6.45) is -0.997. The van der Waals surface area contributed by atoms with Crippen molar-refractivity contribution in [2.75, 3.05) is 0 Å². The fourth-order valence-corrected chi connectivity index (χ4v) is 2.15. The number of rotatable bonds is 5. The first-order valence-electron chi connectivity index (χ1n) is 6.86. The van der Waals surface area contributed by atoms with Gasteiger partial charge in [0.25, 0.3) is 0 Å². The fraction of sp³-hybridized carbons (Fsp3) is 0.250. The Morgan fingerprint density at radius 3 is 2.70 bits per heavy atom. The third-order valence-corrected chi connectivity index (χ3v) is 3.30. The van der Waals surface area contributed by atoms with Gasteiger partial charge in [-0.05, 0) is 30.7 Å². The second-order valence-electron chi connectivity index (χ2n) is 4.71. The number of nitrogens with zero attached hydrogens (tertiary/aromatic N) is 2.